The summed E-state index contributed by atoms with van der Waals surface area (Å²) in [6.07, 6.45) is 0. The predicted octanol–water partition coefficient (Wildman–Crippen LogP) is -0.0363. The third kappa shape index (κ3) is 2.89. The van der Waals surface area contributed by atoms with Gasteiger partial charge in [-0.25, -0.2) is 22.7 Å². The third-order valence-electron chi connectivity index (χ3n) is 1.53. The van der Waals surface area contributed by atoms with Gasteiger partial charge >= 0.3 is 6.03 Å². The van der Waals surface area contributed by atoms with Gasteiger partial charge in [-0.15, -0.1) is 0 Å². The van der Waals surface area contributed by atoms with Crippen molar-refractivity contribution in [2.24, 2.45) is 10.9 Å². The molecule has 2 amide bonds. The molecule has 0 heterocycles. The number of hydrogen-bond acceptors (Lipinski definition) is 3. The zero-order chi connectivity index (χ0) is 11.6. The van der Waals surface area contributed by atoms with E-state index >= 15 is 0 Å². The average Bonchev–Trinajstić information content (AvgIpc) is 2.05. The van der Waals surface area contributed by atoms with Gasteiger partial charge < -0.3 is 11.1 Å². The second-order valence-electron chi connectivity index (χ2n) is 2.68. The molecule has 0 radical (unpaired) electrons. The maximum atomic E-state index is 13.2. The minimum Gasteiger partial charge on any atom is -0.351 e. The average molecular weight is 233 g/mol. The molecule has 0 aliphatic rings. The normalized spacial score (nSPS) is 11.1. The summed E-state index contributed by atoms with van der Waals surface area (Å²) in [4.78, 5) is 10.0. The lowest BCUT2D eigenvalue weighted by molar-refractivity contribution is 0.259. The molecule has 5 N–H and O–H groups in total. The SMILES string of the molecule is NC(=O)Nc1ccc(S(N)(=O)=O)cc1F. The Hall–Kier alpha value is -1.67. The standard InChI is InChI=1S/C7H8FN3O3S/c8-5-3-4(15(10,13)14)1-2-6(5)11-7(9)12/h1-3H,(H3,9,11,12)(H2,10,13,14). The molecule has 1 aromatic rings. The highest BCUT2D eigenvalue weighted by molar-refractivity contribution is 7.89. The summed E-state index contributed by atoms with van der Waals surface area (Å²) >= 11 is 0. The van der Waals surface area contributed by atoms with Crippen molar-refractivity contribution in [2.45, 2.75) is 4.90 Å². The number of carbonyl (C=O) groups excluding carboxylic acids is 1. The highest BCUT2D eigenvalue weighted by atomic mass is 32.2. The van der Waals surface area contributed by atoms with E-state index in [4.69, 9.17) is 10.9 Å². The number of carbonyl (C=O) groups is 1. The minimum absolute atomic E-state index is 0.213. The molecule has 0 unspecified atom stereocenters. The molecule has 0 spiro atoms. The highest BCUT2D eigenvalue weighted by Crippen LogP contribution is 2.17. The van der Waals surface area contributed by atoms with Crippen LogP contribution in [0.15, 0.2) is 23.1 Å². The van der Waals surface area contributed by atoms with Gasteiger partial charge in [0, 0.05) is 0 Å². The molecule has 6 nitrogen and oxygen atoms in total. The van der Waals surface area contributed by atoms with Gasteiger partial charge in [-0.05, 0) is 18.2 Å². The Balaban J connectivity index is 3.15. The van der Waals surface area contributed by atoms with Crippen molar-refractivity contribution < 1.29 is 17.6 Å². The largest absolute Gasteiger partial charge is 0.351 e. The summed E-state index contributed by atoms with van der Waals surface area (Å²) < 4.78 is 34.8. The van der Waals surface area contributed by atoms with E-state index in [-0.39, 0.29) is 10.6 Å². The Labute approximate surface area is 85.1 Å². The number of sulfonamides is 1. The molecule has 1 aromatic carbocycles. The second-order valence-corrected chi connectivity index (χ2v) is 4.24. The lowest BCUT2D eigenvalue weighted by atomic mass is 10.3. The number of primary amides is 1. The van der Waals surface area contributed by atoms with Crippen LogP contribution in [-0.4, -0.2) is 14.4 Å². The van der Waals surface area contributed by atoms with Crippen LogP contribution in [0.4, 0.5) is 14.9 Å². The van der Waals surface area contributed by atoms with Crippen LogP contribution in [-0.2, 0) is 10.0 Å². The Kier molecular flexibility index (Phi) is 2.91. The van der Waals surface area contributed by atoms with Crippen LogP contribution in [0.3, 0.4) is 0 Å². The van der Waals surface area contributed by atoms with Crippen LogP contribution in [0, 0.1) is 5.82 Å². The first-order valence-corrected chi connectivity index (χ1v) is 5.24. The number of nitrogens with one attached hydrogen (secondary N) is 1. The third-order valence-corrected chi connectivity index (χ3v) is 2.44. The van der Waals surface area contributed by atoms with E-state index < -0.39 is 21.9 Å². The number of hydrogen-bond donors (Lipinski definition) is 3. The number of halogens is 1. The first kappa shape index (κ1) is 11.4. The molecule has 8 heteroatoms. The molecule has 0 saturated carbocycles. The number of rotatable bonds is 2. The molecule has 0 aromatic heterocycles. The van der Waals surface area contributed by atoms with Crippen molar-refractivity contribution in [2.75, 3.05) is 5.32 Å². The van der Waals surface area contributed by atoms with Crippen LogP contribution >= 0.6 is 0 Å². The maximum Gasteiger partial charge on any atom is 0.316 e. The van der Waals surface area contributed by atoms with Crippen molar-refractivity contribution in [1.29, 1.82) is 0 Å². The fourth-order valence-corrected chi connectivity index (χ4v) is 1.43. The molecule has 1 rings (SSSR count). The van der Waals surface area contributed by atoms with Crippen molar-refractivity contribution in [3.05, 3.63) is 24.0 Å². The number of amides is 2. The van der Waals surface area contributed by atoms with Gasteiger partial charge in [0.1, 0.15) is 5.82 Å². The zero-order valence-electron chi connectivity index (χ0n) is 7.40. The summed E-state index contributed by atoms with van der Waals surface area (Å²) in [5, 5.41) is 6.75. The topological polar surface area (TPSA) is 115 Å². The van der Waals surface area contributed by atoms with Crippen molar-refractivity contribution >= 4 is 21.7 Å². The Morgan fingerprint density at radius 2 is 2.00 bits per heavy atom. The van der Waals surface area contributed by atoms with E-state index in [1.54, 1.807) is 0 Å². The first-order chi connectivity index (χ1) is 6.80. The van der Waals surface area contributed by atoms with E-state index in [9.17, 15) is 17.6 Å². The Morgan fingerprint density at radius 1 is 1.40 bits per heavy atom. The van der Waals surface area contributed by atoms with Gasteiger partial charge in [0.05, 0.1) is 10.6 Å². The summed E-state index contributed by atoms with van der Waals surface area (Å²) in [5.41, 5.74) is 4.54. The number of urea groups is 1. The van der Waals surface area contributed by atoms with Gasteiger partial charge in [-0.2, -0.15) is 0 Å². The van der Waals surface area contributed by atoms with Crippen LogP contribution in [0.2, 0.25) is 0 Å². The molecule has 0 atom stereocenters. The van der Waals surface area contributed by atoms with Crippen LogP contribution in [0.25, 0.3) is 0 Å². The molecule has 0 fully saturated rings. The van der Waals surface area contributed by atoms with Gasteiger partial charge in [-0.1, -0.05) is 0 Å². The van der Waals surface area contributed by atoms with Gasteiger partial charge in [-0.3, -0.25) is 0 Å². The van der Waals surface area contributed by atoms with Crippen molar-refractivity contribution in [3.63, 3.8) is 0 Å². The molecule has 0 bridgehead atoms. The Bertz CT molecular complexity index is 500. The monoisotopic (exact) mass is 233 g/mol. The van der Waals surface area contributed by atoms with Crippen LogP contribution in [0.5, 0.6) is 0 Å². The van der Waals surface area contributed by atoms with Crippen LogP contribution < -0.4 is 16.2 Å². The lowest BCUT2D eigenvalue weighted by Crippen LogP contribution is -2.20. The summed E-state index contributed by atoms with van der Waals surface area (Å²) in [6, 6.07) is 1.86. The predicted molar refractivity (Wildman–Crippen MR) is 51.0 cm³/mol. The zero-order valence-corrected chi connectivity index (χ0v) is 8.21. The number of benzene rings is 1. The fourth-order valence-electron chi connectivity index (χ4n) is 0.907. The molecule has 15 heavy (non-hydrogen) atoms. The summed E-state index contributed by atoms with van der Waals surface area (Å²) in [7, 11) is -3.95. The fraction of sp³-hybridized carbons (Fsp3) is 0. The molecule has 0 aliphatic carbocycles. The molecular weight excluding hydrogens is 225 g/mol. The molecule has 82 valence electrons. The lowest BCUT2D eigenvalue weighted by Gasteiger charge is -2.04. The van der Waals surface area contributed by atoms with Gasteiger partial charge in [0.25, 0.3) is 0 Å². The molecular formula is C7H8FN3O3S. The van der Waals surface area contributed by atoms with E-state index in [1.807, 2.05) is 5.32 Å². The smallest absolute Gasteiger partial charge is 0.316 e. The summed E-state index contributed by atoms with van der Waals surface area (Å²) in [6.45, 7) is 0. The van der Waals surface area contributed by atoms with E-state index in [1.165, 1.54) is 0 Å². The van der Waals surface area contributed by atoms with E-state index in [2.05, 4.69) is 0 Å². The first-order valence-electron chi connectivity index (χ1n) is 3.69. The summed E-state index contributed by atoms with van der Waals surface area (Å²) in [5.74, 6) is -0.930. The van der Waals surface area contributed by atoms with Gasteiger partial charge in [0.2, 0.25) is 10.0 Å². The number of anilines is 1. The Morgan fingerprint density at radius 3 is 2.40 bits per heavy atom. The molecule has 0 aliphatic heterocycles. The van der Waals surface area contributed by atoms with Gasteiger partial charge in [0.15, 0.2) is 0 Å². The quantitative estimate of drug-likeness (QED) is 0.665. The minimum atomic E-state index is -3.95. The number of primary sulfonamides is 1. The van der Waals surface area contributed by atoms with Crippen molar-refractivity contribution in [3.8, 4) is 0 Å². The maximum absolute atomic E-state index is 13.2. The van der Waals surface area contributed by atoms with E-state index in [0.29, 0.717) is 6.07 Å². The second kappa shape index (κ2) is 3.83. The van der Waals surface area contributed by atoms with E-state index in [0.717, 1.165) is 12.1 Å². The number of nitrogens with two attached hydrogens (primary N) is 2. The van der Waals surface area contributed by atoms with Crippen LogP contribution in [0.1, 0.15) is 0 Å². The molecule has 0 saturated heterocycles. The van der Waals surface area contributed by atoms with Crippen molar-refractivity contribution in [1.82, 2.24) is 0 Å². The highest BCUT2D eigenvalue weighted by Gasteiger charge is 2.11.